The second-order valence-corrected chi connectivity index (χ2v) is 11.0. The first-order chi connectivity index (χ1) is 17.2. The van der Waals surface area contributed by atoms with Crippen LogP contribution in [-0.4, -0.2) is 12.1 Å². The molecule has 1 saturated carbocycles. The Morgan fingerprint density at radius 2 is 0.722 bits per heavy atom. The minimum absolute atomic E-state index is 0.0715. The number of nitrogens with zero attached hydrogens (tertiary/aromatic N) is 2. The van der Waals surface area contributed by atoms with Crippen molar-refractivity contribution in [3.63, 3.8) is 0 Å². The summed E-state index contributed by atoms with van der Waals surface area (Å²) < 4.78 is 0. The molecular formula is C32H36N4. The maximum Gasteiger partial charge on any atom is 0.0484 e. The molecule has 5 rings (SSSR count). The van der Waals surface area contributed by atoms with Crippen LogP contribution in [0.15, 0.2) is 109 Å². The molecule has 0 spiro atoms. The van der Waals surface area contributed by atoms with Crippen LogP contribution in [-0.2, 0) is 0 Å². The fourth-order valence-electron chi connectivity index (χ4n) is 6.79. The number of para-hydroxylation sites is 2. The molecule has 4 aromatic carbocycles. The Hall–Kier alpha value is -3.92. The zero-order chi connectivity index (χ0) is 25.5. The van der Waals surface area contributed by atoms with Gasteiger partial charge in [0.15, 0.2) is 0 Å². The highest BCUT2D eigenvalue weighted by atomic mass is 15.3. The van der Waals surface area contributed by atoms with Crippen molar-refractivity contribution in [2.45, 2.75) is 39.8 Å². The minimum atomic E-state index is -0.0715. The van der Waals surface area contributed by atoms with E-state index in [-0.39, 0.29) is 22.9 Å². The molecule has 4 aromatic rings. The second-order valence-electron chi connectivity index (χ2n) is 11.0. The Labute approximate surface area is 215 Å². The highest BCUT2D eigenvalue weighted by Crippen LogP contribution is 2.62. The number of anilines is 6. The van der Waals surface area contributed by atoms with Gasteiger partial charge in [-0.2, -0.15) is 0 Å². The zero-order valence-electron chi connectivity index (χ0n) is 21.6. The quantitative estimate of drug-likeness (QED) is 0.281. The molecule has 0 heterocycles. The van der Waals surface area contributed by atoms with E-state index in [0.717, 1.165) is 22.7 Å². The lowest BCUT2D eigenvalue weighted by atomic mass is 9.46. The van der Waals surface area contributed by atoms with E-state index in [0.29, 0.717) is 0 Å². The number of rotatable bonds is 6. The largest absolute Gasteiger partial charge is 0.399 e. The summed E-state index contributed by atoms with van der Waals surface area (Å²) in [4.78, 5) is 5.00. The van der Waals surface area contributed by atoms with Crippen molar-refractivity contribution in [2.75, 3.05) is 21.3 Å². The fraction of sp³-hybridized carbons (Fsp3) is 0.250. The van der Waals surface area contributed by atoms with Crippen molar-refractivity contribution in [3.05, 3.63) is 109 Å². The van der Waals surface area contributed by atoms with Gasteiger partial charge in [-0.05, 0) is 72.8 Å². The van der Waals surface area contributed by atoms with Gasteiger partial charge in [-0.25, -0.2) is 0 Å². The molecule has 4 heteroatoms. The zero-order valence-corrected chi connectivity index (χ0v) is 21.6. The molecule has 0 saturated heterocycles. The van der Waals surface area contributed by atoms with Gasteiger partial charge >= 0.3 is 0 Å². The average Bonchev–Trinajstić information content (AvgIpc) is 2.87. The van der Waals surface area contributed by atoms with Crippen molar-refractivity contribution in [1.82, 2.24) is 0 Å². The minimum Gasteiger partial charge on any atom is -0.399 e. The van der Waals surface area contributed by atoms with Gasteiger partial charge in [0, 0.05) is 57.0 Å². The number of hydrogen-bond acceptors (Lipinski definition) is 4. The van der Waals surface area contributed by atoms with Crippen molar-refractivity contribution < 1.29 is 0 Å². The molecule has 0 unspecified atom stereocenters. The molecule has 0 aliphatic heterocycles. The SMILES string of the molecule is CC1(C)C(N(c2ccccc2)c2ccc(N)cc2)C(C)(C)C1N(c1ccccc1)c1ccc(N)cc1. The lowest BCUT2D eigenvalue weighted by molar-refractivity contribution is -0.0489. The van der Waals surface area contributed by atoms with E-state index in [9.17, 15) is 0 Å². The van der Waals surface area contributed by atoms with E-state index < -0.39 is 0 Å². The van der Waals surface area contributed by atoms with Crippen LogP contribution in [0.5, 0.6) is 0 Å². The summed E-state index contributed by atoms with van der Waals surface area (Å²) >= 11 is 0. The first-order valence-corrected chi connectivity index (χ1v) is 12.6. The molecule has 0 radical (unpaired) electrons. The van der Waals surface area contributed by atoms with Crippen LogP contribution >= 0.6 is 0 Å². The third kappa shape index (κ3) is 3.97. The highest BCUT2D eigenvalue weighted by molar-refractivity contribution is 5.71. The maximum atomic E-state index is 6.06. The van der Waals surface area contributed by atoms with E-state index in [1.807, 2.05) is 24.3 Å². The molecule has 1 aliphatic carbocycles. The number of nitrogen functional groups attached to an aromatic ring is 2. The van der Waals surface area contributed by atoms with Crippen LogP contribution in [0.2, 0.25) is 0 Å². The van der Waals surface area contributed by atoms with E-state index in [1.165, 1.54) is 11.4 Å². The molecule has 36 heavy (non-hydrogen) atoms. The van der Waals surface area contributed by atoms with E-state index in [4.69, 9.17) is 11.5 Å². The van der Waals surface area contributed by atoms with Gasteiger partial charge in [0.25, 0.3) is 0 Å². The van der Waals surface area contributed by atoms with Gasteiger partial charge in [-0.1, -0.05) is 64.1 Å². The van der Waals surface area contributed by atoms with Gasteiger partial charge in [-0.15, -0.1) is 0 Å². The predicted molar refractivity (Wildman–Crippen MR) is 154 cm³/mol. The van der Waals surface area contributed by atoms with E-state index in [1.54, 1.807) is 0 Å². The van der Waals surface area contributed by atoms with Gasteiger partial charge in [-0.3, -0.25) is 0 Å². The molecule has 4 N–H and O–H groups in total. The van der Waals surface area contributed by atoms with Gasteiger partial charge < -0.3 is 21.3 Å². The predicted octanol–water partition coefficient (Wildman–Crippen LogP) is 7.63. The molecule has 0 aromatic heterocycles. The molecule has 184 valence electrons. The summed E-state index contributed by atoms with van der Waals surface area (Å²) in [5.41, 5.74) is 18.2. The Morgan fingerprint density at radius 3 is 1.03 bits per heavy atom. The summed E-state index contributed by atoms with van der Waals surface area (Å²) in [6.45, 7) is 9.59. The van der Waals surface area contributed by atoms with Gasteiger partial charge in [0.05, 0.1) is 0 Å². The number of hydrogen-bond donors (Lipinski definition) is 2. The van der Waals surface area contributed by atoms with Crippen molar-refractivity contribution in [1.29, 1.82) is 0 Å². The Balaban J connectivity index is 1.63. The van der Waals surface area contributed by atoms with Crippen molar-refractivity contribution >= 4 is 34.1 Å². The first kappa shape index (κ1) is 23.8. The van der Waals surface area contributed by atoms with E-state index in [2.05, 4.69) is 122 Å². The lowest BCUT2D eigenvalue weighted by Gasteiger charge is -2.70. The van der Waals surface area contributed by atoms with Crippen LogP contribution in [0.25, 0.3) is 0 Å². The van der Waals surface area contributed by atoms with Crippen LogP contribution < -0.4 is 21.3 Å². The standard InChI is InChI=1S/C32H36N4/c1-31(2)29(35(25-11-7-5-8-12-25)27-19-15-23(33)16-20-27)32(3,4)30(31)36(26-13-9-6-10-14-26)28-21-17-24(34)18-22-28/h5-22,29-30H,33-34H2,1-4H3. The lowest BCUT2D eigenvalue weighted by Crippen LogP contribution is -2.76. The Kier molecular flexibility index (Phi) is 5.91. The molecule has 0 atom stereocenters. The second kappa shape index (κ2) is 8.94. The monoisotopic (exact) mass is 476 g/mol. The van der Waals surface area contributed by atoms with E-state index >= 15 is 0 Å². The maximum absolute atomic E-state index is 6.06. The number of nitrogens with two attached hydrogens (primary N) is 2. The molecule has 0 amide bonds. The van der Waals surface area contributed by atoms with Gasteiger partial charge in [0.1, 0.15) is 0 Å². The third-order valence-electron chi connectivity index (χ3n) is 7.75. The Bertz CT molecular complexity index is 1180. The Morgan fingerprint density at radius 1 is 0.444 bits per heavy atom. The van der Waals surface area contributed by atoms with Crippen molar-refractivity contribution in [3.8, 4) is 0 Å². The summed E-state index contributed by atoms with van der Waals surface area (Å²) in [6.07, 6.45) is 0. The normalized spacial score (nSPS) is 19.8. The summed E-state index contributed by atoms with van der Waals surface area (Å²) in [7, 11) is 0. The van der Waals surface area contributed by atoms with Crippen LogP contribution in [0.1, 0.15) is 27.7 Å². The molecule has 1 fully saturated rings. The number of benzene rings is 4. The van der Waals surface area contributed by atoms with Crippen molar-refractivity contribution in [2.24, 2.45) is 10.8 Å². The molecule has 0 bridgehead atoms. The third-order valence-corrected chi connectivity index (χ3v) is 7.75. The van der Waals surface area contributed by atoms with Crippen LogP contribution in [0.4, 0.5) is 34.1 Å². The summed E-state index contributed by atoms with van der Waals surface area (Å²) in [5, 5.41) is 0. The van der Waals surface area contributed by atoms with Gasteiger partial charge in [0.2, 0.25) is 0 Å². The average molecular weight is 477 g/mol. The topological polar surface area (TPSA) is 58.5 Å². The summed E-state index contributed by atoms with van der Waals surface area (Å²) in [6, 6.07) is 38.4. The van der Waals surface area contributed by atoms with Crippen LogP contribution in [0, 0.1) is 10.8 Å². The first-order valence-electron chi connectivity index (χ1n) is 12.6. The highest BCUT2D eigenvalue weighted by Gasteiger charge is 2.66. The molecule has 4 nitrogen and oxygen atoms in total. The molecule has 1 aliphatic rings. The molecular weight excluding hydrogens is 440 g/mol. The smallest absolute Gasteiger partial charge is 0.0484 e. The fourth-order valence-corrected chi connectivity index (χ4v) is 6.79. The van der Waals surface area contributed by atoms with Crippen LogP contribution in [0.3, 0.4) is 0 Å². The summed E-state index contributed by atoms with van der Waals surface area (Å²) in [5.74, 6) is 0.